The molecular weight excluding hydrogens is 284 g/mol. The van der Waals surface area contributed by atoms with Gasteiger partial charge in [-0.05, 0) is 24.6 Å². The van der Waals surface area contributed by atoms with Crippen LogP contribution in [0.4, 0.5) is 11.6 Å². The van der Waals surface area contributed by atoms with Gasteiger partial charge in [-0.15, -0.1) is 0 Å². The number of rotatable bonds is 4. The molecule has 0 aliphatic rings. The molecule has 112 valence electrons. The Bertz CT molecular complexity index is 623. The van der Waals surface area contributed by atoms with Crippen LogP contribution in [0.5, 0.6) is 0 Å². The third kappa shape index (κ3) is 3.64. The van der Waals surface area contributed by atoms with Crippen LogP contribution in [0.25, 0.3) is 0 Å². The lowest BCUT2D eigenvalue weighted by atomic mass is 10.2. The molecule has 0 radical (unpaired) electrons. The molecule has 5 heteroatoms. The quantitative estimate of drug-likeness (QED) is 0.934. The van der Waals surface area contributed by atoms with Gasteiger partial charge in [0.25, 0.3) is 0 Å². The first-order chi connectivity index (χ1) is 9.88. The third-order valence-corrected chi connectivity index (χ3v) is 3.64. The van der Waals surface area contributed by atoms with Crippen LogP contribution in [0.1, 0.15) is 36.7 Å². The van der Waals surface area contributed by atoms with E-state index in [4.69, 9.17) is 17.3 Å². The van der Waals surface area contributed by atoms with Crippen LogP contribution < -0.4 is 10.6 Å². The molecule has 2 rings (SSSR count). The molecule has 1 aromatic carbocycles. The number of hydrogen-bond donors (Lipinski definition) is 1. The van der Waals surface area contributed by atoms with E-state index in [1.807, 2.05) is 38.2 Å². The number of hydrogen-bond acceptors (Lipinski definition) is 4. The summed E-state index contributed by atoms with van der Waals surface area (Å²) in [5.41, 5.74) is 8.10. The molecular formula is C16H21ClN4. The highest BCUT2D eigenvalue weighted by Crippen LogP contribution is 2.24. The Kier molecular flexibility index (Phi) is 4.68. The molecule has 0 bridgehead atoms. The van der Waals surface area contributed by atoms with E-state index in [1.165, 1.54) is 5.56 Å². The molecule has 1 aromatic heterocycles. The molecule has 0 amide bonds. The Hall–Kier alpha value is -1.81. The van der Waals surface area contributed by atoms with Crippen molar-refractivity contribution in [3.8, 4) is 0 Å². The minimum absolute atomic E-state index is 0.246. The van der Waals surface area contributed by atoms with Crippen LogP contribution in [-0.4, -0.2) is 17.0 Å². The summed E-state index contributed by atoms with van der Waals surface area (Å²) in [4.78, 5) is 11.1. The van der Waals surface area contributed by atoms with Crippen LogP contribution >= 0.6 is 11.6 Å². The number of anilines is 2. The molecule has 0 aliphatic carbocycles. The molecule has 4 nitrogen and oxygen atoms in total. The predicted molar refractivity (Wildman–Crippen MR) is 88.8 cm³/mol. The van der Waals surface area contributed by atoms with Crippen molar-refractivity contribution < 1.29 is 0 Å². The standard InChI is InChI=1S/C16H21ClN4/c1-10(2)15-19-14(18)11(3)16(20-15)21(4)9-12-5-7-13(17)8-6-12/h5-8,10H,9H2,1-4H3,(H2,18,19,20). The van der Waals surface area contributed by atoms with Crippen LogP contribution in [0.3, 0.4) is 0 Å². The Morgan fingerprint density at radius 2 is 1.81 bits per heavy atom. The van der Waals surface area contributed by atoms with Crippen molar-refractivity contribution in [2.45, 2.75) is 33.2 Å². The maximum atomic E-state index is 6.02. The fourth-order valence-corrected chi connectivity index (χ4v) is 2.23. The van der Waals surface area contributed by atoms with Crippen molar-refractivity contribution in [3.63, 3.8) is 0 Å². The van der Waals surface area contributed by atoms with Crippen molar-refractivity contribution in [2.24, 2.45) is 0 Å². The molecule has 0 fully saturated rings. The van der Waals surface area contributed by atoms with Crippen LogP contribution in [0.15, 0.2) is 24.3 Å². The Morgan fingerprint density at radius 1 is 1.19 bits per heavy atom. The lowest BCUT2D eigenvalue weighted by molar-refractivity contribution is 0.761. The Balaban J connectivity index is 2.29. The summed E-state index contributed by atoms with van der Waals surface area (Å²) in [6.45, 7) is 6.82. The lowest BCUT2D eigenvalue weighted by Gasteiger charge is -2.22. The molecule has 2 N–H and O–H groups in total. The molecule has 0 unspecified atom stereocenters. The first-order valence-electron chi connectivity index (χ1n) is 6.98. The zero-order chi connectivity index (χ0) is 15.6. The summed E-state index contributed by atoms with van der Waals surface area (Å²) in [5.74, 6) is 2.44. The van der Waals surface area contributed by atoms with Crippen LogP contribution in [0, 0.1) is 6.92 Å². The summed E-state index contributed by atoms with van der Waals surface area (Å²) >= 11 is 5.92. The second-order valence-electron chi connectivity index (χ2n) is 5.55. The van der Waals surface area contributed by atoms with E-state index < -0.39 is 0 Å². The monoisotopic (exact) mass is 304 g/mol. The van der Waals surface area contributed by atoms with Gasteiger partial charge >= 0.3 is 0 Å². The number of benzene rings is 1. The molecule has 0 saturated carbocycles. The van der Waals surface area contributed by atoms with Crippen molar-refractivity contribution in [1.82, 2.24) is 9.97 Å². The first-order valence-corrected chi connectivity index (χ1v) is 7.36. The summed E-state index contributed by atoms with van der Waals surface area (Å²) < 4.78 is 0. The zero-order valence-corrected chi connectivity index (χ0v) is 13.6. The van der Waals surface area contributed by atoms with E-state index in [1.54, 1.807) is 0 Å². The van der Waals surface area contributed by atoms with E-state index in [0.717, 1.165) is 28.8 Å². The molecule has 2 aromatic rings. The number of halogens is 1. The minimum Gasteiger partial charge on any atom is -0.383 e. The second kappa shape index (κ2) is 6.31. The van der Waals surface area contributed by atoms with Gasteiger partial charge in [0, 0.05) is 30.1 Å². The van der Waals surface area contributed by atoms with Crippen molar-refractivity contribution in [1.29, 1.82) is 0 Å². The smallest absolute Gasteiger partial charge is 0.137 e. The maximum Gasteiger partial charge on any atom is 0.137 e. The lowest BCUT2D eigenvalue weighted by Crippen LogP contribution is -2.21. The molecule has 0 atom stereocenters. The summed E-state index contributed by atoms with van der Waals surface area (Å²) in [6, 6.07) is 7.82. The van der Waals surface area contributed by atoms with Gasteiger partial charge in [0.15, 0.2) is 0 Å². The van der Waals surface area contributed by atoms with E-state index in [2.05, 4.69) is 28.7 Å². The molecule has 0 aliphatic heterocycles. The summed E-state index contributed by atoms with van der Waals surface area (Å²) in [5, 5.41) is 0.742. The topological polar surface area (TPSA) is 55.0 Å². The Labute approximate surface area is 131 Å². The molecule has 1 heterocycles. The van der Waals surface area contributed by atoms with Gasteiger partial charge in [0.2, 0.25) is 0 Å². The number of nitrogens with zero attached hydrogens (tertiary/aromatic N) is 3. The molecule has 21 heavy (non-hydrogen) atoms. The summed E-state index contributed by atoms with van der Waals surface area (Å²) in [6.07, 6.45) is 0. The fourth-order valence-electron chi connectivity index (χ4n) is 2.11. The molecule has 0 spiro atoms. The van der Waals surface area contributed by atoms with Gasteiger partial charge in [-0.2, -0.15) is 0 Å². The van der Waals surface area contributed by atoms with E-state index in [9.17, 15) is 0 Å². The van der Waals surface area contributed by atoms with Crippen molar-refractivity contribution in [2.75, 3.05) is 17.7 Å². The minimum atomic E-state index is 0.246. The average molecular weight is 305 g/mol. The van der Waals surface area contributed by atoms with Gasteiger partial charge in [-0.25, -0.2) is 9.97 Å². The highest BCUT2D eigenvalue weighted by atomic mass is 35.5. The van der Waals surface area contributed by atoms with Gasteiger partial charge in [-0.3, -0.25) is 0 Å². The third-order valence-electron chi connectivity index (χ3n) is 3.39. The number of aromatic nitrogens is 2. The fraction of sp³-hybridized carbons (Fsp3) is 0.375. The van der Waals surface area contributed by atoms with Crippen LogP contribution in [-0.2, 0) is 6.54 Å². The van der Waals surface area contributed by atoms with E-state index in [-0.39, 0.29) is 5.92 Å². The predicted octanol–water partition coefficient (Wildman–Crippen LogP) is 3.78. The highest BCUT2D eigenvalue weighted by molar-refractivity contribution is 6.30. The van der Waals surface area contributed by atoms with Gasteiger partial charge in [0.1, 0.15) is 17.5 Å². The van der Waals surface area contributed by atoms with Gasteiger partial charge < -0.3 is 10.6 Å². The Morgan fingerprint density at radius 3 is 2.38 bits per heavy atom. The van der Waals surface area contributed by atoms with Crippen molar-refractivity contribution >= 4 is 23.2 Å². The van der Waals surface area contributed by atoms with E-state index in [0.29, 0.717) is 5.82 Å². The summed E-state index contributed by atoms with van der Waals surface area (Å²) in [7, 11) is 2.01. The average Bonchev–Trinajstić information content (AvgIpc) is 2.43. The largest absolute Gasteiger partial charge is 0.383 e. The maximum absolute atomic E-state index is 6.02. The second-order valence-corrected chi connectivity index (χ2v) is 5.99. The van der Waals surface area contributed by atoms with Gasteiger partial charge in [-0.1, -0.05) is 37.6 Å². The molecule has 0 saturated heterocycles. The van der Waals surface area contributed by atoms with Crippen molar-refractivity contribution in [3.05, 3.63) is 46.2 Å². The first kappa shape index (κ1) is 15.6. The zero-order valence-electron chi connectivity index (χ0n) is 12.9. The van der Waals surface area contributed by atoms with Crippen LogP contribution in [0.2, 0.25) is 5.02 Å². The van der Waals surface area contributed by atoms with E-state index >= 15 is 0 Å². The normalized spacial score (nSPS) is 11.0. The number of nitrogen functional groups attached to an aromatic ring is 1. The highest BCUT2D eigenvalue weighted by Gasteiger charge is 2.14. The van der Waals surface area contributed by atoms with Gasteiger partial charge in [0.05, 0.1) is 0 Å². The number of nitrogens with two attached hydrogens (primary N) is 1. The SMILES string of the molecule is Cc1c(N)nc(C(C)C)nc1N(C)Cc1ccc(Cl)cc1.